The highest BCUT2D eigenvalue weighted by Gasteiger charge is 2.06. The summed E-state index contributed by atoms with van der Waals surface area (Å²) in [5, 5.41) is 5.69. The van der Waals surface area contributed by atoms with Crippen LogP contribution < -0.4 is 10.6 Å². The van der Waals surface area contributed by atoms with Crippen LogP contribution in [-0.4, -0.2) is 12.1 Å². The molecule has 0 saturated carbocycles. The lowest BCUT2D eigenvalue weighted by atomic mass is 10.2. The van der Waals surface area contributed by atoms with Crippen LogP contribution in [0.2, 0.25) is 0 Å². The second-order valence-electron chi connectivity index (χ2n) is 5.18. The van der Waals surface area contributed by atoms with Crippen molar-refractivity contribution in [3.8, 4) is 0 Å². The Bertz CT molecular complexity index is 581. The van der Waals surface area contributed by atoms with Crippen LogP contribution in [0.1, 0.15) is 31.6 Å². The Labute approximate surface area is 130 Å². The molecule has 5 nitrogen and oxygen atoms in total. The van der Waals surface area contributed by atoms with Crippen molar-refractivity contribution in [2.75, 3.05) is 5.32 Å². The fraction of sp³-hybridized carbons (Fsp3) is 0.353. The van der Waals surface area contributed by atoms with Crippen molar-refractivity contribution in [2.24, 2.45) is 0 Å². The van der Waals surface area contributed by atoms with Gasteiger partial charge in [-0.1, -0.05) is 19.1 Å². The van der Waals surface area contributed by atoms with Crippen molar-refractivity contribution in [1.82, 2.24) is 5.32 Å². The minimum absolute atomic E-state index is 0.153. The number of hydrogen-bond acceptors (Lipinski definition) is 3. The maximum atomic E-state index is 11.8. The number of rotatable bonds is 7. The predicted octanol–water partition coefficient (Wildman–Crippen LogP) is 3.92. The van der Waals surface area contributed by atoms with Crippen LogP contribution in [0.4, 0.5) is 10.5 Å². The number of ether oxygens (including phenoxy) is 1. The van der Waals surface area contributed by atoms with Gasteiger partial charge in [-0.15, -0.1) is 0 Å². The Hall–Kier alpha value is -2.27. The molecule has 1 aromatic heterocycles. The monoisotopic (exact) mass is 302 g/mol. The Morgan fingerprint density at radius 2 is 2.14 bits per heavy atom. The maximum Gasteiger partial charge on any atom is 0.319 e. The van der Waals surface area contributed by atoms with Gasteiger partial charge in [0.05, 0.1) is 12.9 Å². The molecule has 2 aromatic rings. The molecule has 0 saturated heterocycles. The van der Waals surface area contributed by atoms with Gasteiger partial charge >= 0.3 is 6.03 Å². The Morgan fingerprint density at radius 1 is 1.27 bits per heavy atom. The summed E-state index contributed by atoms with van der Waals surface area (Å²) in [6.07, 6.45) is 2.52. The van der Waals surface area contributed by atoms with Crippen LogP contribution in [0.5, 0.6) is 0 Å². The molecule has 0 unspecified atom stereocenters. The lowest BCUT2D eigenvalue weighted by Crippen LogP contribution is -2.35. The van der Waals surface area contributed by atoms with Crippen molar-refractivity contribution in [3.63, 3.8) is 0 Å². The molecule has 0 aliphatic heterocycles. The summed E-state index contributed by atoms with van der Waals surface area (Å²) >= 11 is 0. The standard InChI is InChI=1S/C17H22N2O3/c1-3-13(2)18-17(20)19-15-7-4-6-14(10-15)11-21-12-16-8-5-9-22-16/h4-10,13H,3,11-12H2,1-2H3,(H2,18,19,20)/t13-/m0/s1. The first-order chi connectivity index (χ1) is 10.7. The van der Waals surface area contributed by atoms with Gasteiger partial charge in [0.2, 0.25) is 0 Å². The summed E-state index contributed by atoms with van der Waals surface area (Å²) in [4.78, 5) is 11.8. The van der Waals surface area contributed by atoms with Gasteiger partial charge in [0, 0.05) is 11.7 Å². The number of furan rings is 1. The van der Waals surface area contributed by atoms with Crippen molar-refractivity contribution in [3.05, 3.63) is 54.0 Å². The SMILES string of the molecule is CC[C@H](C)NC(=O)Nc1cccc(COCc2ccco2)c1. The van der Waals surface area contributed by atoms with Crippen molar-refractivity contribution < 1.29 is 13.9 Å². The van der Waals surface area contributed by atoms with Gasteiger partial charge in [0.25, 0.3) is 0 Å². The van der Waals surface area contributed by atoms with E-state index in [1.807, 2.05) is 50.2 Å². The average Bonchev–Trinajstić information content (AvgIpc) is 3.00. The highest BCUT2D eigenvalue weighted by molar-refractivity contribution is 5.89. The van der Waals surface area contributed by atoms with Gasteiger partial charge in [-0.05, 0) is 43.2 Å². The van der Waals surface area contributed by atoms with E-state index in [1.165, 1.54) is 0 Å². The number of anilines is 1. The van der Waals surface area contributed by atoms with E-state index in [-0.39, 0.29) is 12.1 Å². The first kappa shape index (κ1) is 16.1. The van der Waals surface area contributed by atoms with E-state index in [4.69, 9.17) is 9.15 Å². The lowest BCUT2D eigenvalue weighted by Gasteiger charge is -2.13. The topological polar surface area (TPSA) is 63.5 Å². The Balaban J connectivity index is 1.82. The second-order valence-corrected chi connectivity index (χ2v) is 5.18. The van der Waals surface area contributed by atoms with E-state index in [0.717, 1.165) is 23.4 Å². The highest BCUT2D eigenvalue weighted by atomic mass is 16.5. The van der Waals surface area contributed by atoms with Crippen LogP contribution in [0, 0.1) is 0 Å². The third-order valence-electron chi connectivity index (χ3n) is 3.27. The fourth-order valence-electron chi connectivity index (χ4n) is 1.90. The summed E-state index contributed by atoms with van der Waals surface area (Å²) < 4.78 is 10.8. The molecule has 0 bridgehead atoms. The number of nitrogens with one attached hydrogen (secondary N) is 2. The number of benzene rings is 1. The first-order valence-electron chi connectivity index (χ1n) is 7.44. The van der Waals surface area contributed by atoms with E-state index in [1.54, 1.807) is 6.26 Å². The molecule has 2 amide bonds. The van der Waals surface area contributed by atoms with Gasteiger partial charge in [-0.2, -0.15) is 0 Å². The fourth-order valence-corrected chi connectivity index (χ4v) is 1.90. The Morgan fingerprint density at radius 3 is 2.86 bits per heavy atom. The molecule has 1 atom stereocenters. The molecule has 1 heterocycles. The summed E-state index contributed by atoms with van der Waals surface area (Å²) in [5.41, 5.74) is 1.74. The molecule has 118 valence electrons. The summed E-state index contributed by atoms with van der Waals surface area (Å²) in [6.45, 7) is 4.89. The number of urea groups is 1. The Kier molecular flexibility index (Phi) is 6.03. The predicted molar refractivity (Wildman–Crippen MR) is 85.6 cm³/mol. The summed E-state index contributed by atoms with van der Waals surface area (Å²) in [7, 11) is 0. The van der Waals surface area contributed by atoms with Crippen molar-refractivity contribution in [2.45, 2.75) is 39.5 Å². The van der Waals surface area contributed by atoms with Crippen molar-refractivity contribution >= 4 is 11.7 Å². The molecule has 2 rings (SSSR count). The largest absolute Gasteiger partial charge is 0.467 e. The number of carbonyl (C=O) groups is 1. The zero-order valence-corrected chi connectivity index (χ0v) is 13.0. The quantitative estimate of drug-likeness (QED) is 0.815. The summed E-state index contributed by atoms with van der Waals surface area (Å²) in [5.74, 6) is 0.794. The molecular weight excluding hydrogens is 280 g/mol. The van der Waals surface area contributed by atoms with Gasteiger partial charge in [0.15, 0.2) is 0 Å². The van der Waals surface area contributed by atoms with Crippen LogP contribution in [0.25, 0.3) is 0 Å². The maximum absolute atomic E-state index is 11.8. The van der Waals surface area contributed by atoms with Crippen LogP contribution in [0.15, 0.2) is 47.1 Å². The smallest absolute Gasteiger partial charge is 0.319 e. The lowest BCUT2D eigenvalue weighted by molar-refractivity contribution is 0.0930. The minimum atomic E-state index is -0.192. The zero-order chi connectivity index (χ0) is 15.8. The zero-order valence-electron chi connectivity index (χ0n) is 13.0. The summed E-state index contributed by atoms with van der Waals surface area (Å²) in [6, 6.07) is 11.3. The molecule has 22 heavy (non-hydrogen) atoms. The highest BCUT2D eigenvalue weighted by Crippen LogP contribution is 2.13. The normalized spacial score (nSPS) is 11.9. The van der Waals surface area contributed by atoms with Crippen LogP contribution >= 0.6 is 0 Å². The van der Waals surface area contributed by atoms with E-state index in [2.05, 4.69) is 10.6 Å². The molecule has 0 fully saturated rings. The van der Waals surface area contributed by atoms with Gasteiger partial charge in [-0.25, -0.2) is 4.79 Å². The molecule has 2 N–H and O–H groups in total. The number of hydrogen-bond donors (Lipinski definition) is 2. The van der Waals surface area contributed by atoms with Gasteiger partial charge in [-0.3, -0.25) is 0 Å². The van der Waals surface area contributed by atoms with E-state index < -0.39 is 0 Å². The van der Waals surface area contributed by atoms with Crippen LogP contribution in [0.3, 0.4) is 0 Å². The van der Waals surface area contributed by atoms with Crippen molar-refractivity contribution in [1.29, 1.82) is 0 Å². The van der Waals surface area contributed by atoms with Gasteiger partial charge in [0.1, 0.15) is 12.4 Å². The molecule has 1 aromatic carbocycles. The number of amides is 2. The average molecular weight is 302 g/mol. The molecular formula is C17H22N2O3. The third kappa shape index (κ3) is 5.26. The third-order valence-corrected chi connectivity index (χ3v) is 3.27. The van der Waals surface area contributed by atoms with Gasteiger partial charge < -0.3 is 19.8 Å². The number of carbonyl (C=O) groups excluding carboxylic acids is 1. The molecule has 0 aliphatic carbocycles. The van der Waals surface area contributed by atoms with E-state index in [0.29, 0.717) is 13.2 Å². The van der Waals surface area contributed by atoms with E-state index in [9.17, 15) is 4.79 Å². The first-order valence-corrected chi connectivity index (χ1v) is 7.44. The van der Waals surface area contributed by atoms with Crippen LogP contribution in [-0.2, 0) is 18.0 Å². The van der Waals surface area contributed by atoms with E-state index >= 15 is 0 Å². The molecule has 0 aliphatic rings. The molecule has 0 spiro atoms. The molecule has 5 heteroatoms. The second kappa shape index (κ2) is 8.24. The molecule has 0 radical (unpaired) electrons. The minimum Gasteiger partial charge on any atom is -0.467 e.